The Balaban J connectivity index is 1.76. The minimum absolute atomic E-state index is 0.124. The lowest BCUT2D eigenvalue weighted by atomic mass is 10.2. The Morgan fingerprint density at radius 2 is 2.08 bits per heavy atom. The molecule has 0 fully saturated rings. The van der Waals surface area contributed by atoms with Gasteiger partial charge in [0.25, 0.3) is 5.56 Å². The zero-order valence-electron chi connectivity index (χ0n) is 14.3. The summed E-state index contributed by atoms with van der Waals surface area (Å²) in [5.41, 5.74) is 0.326. The highest BCUT2D eigenvalue weighted by molar-refractivity contribution is 7.16. The summed E-state index contributed by atoms with van der Waals surface area (Å²) in [6, 6.07) is 8.05. The van der Waals surface area contributed by atoms with Gasteiger partial charge >= 0.3 is 5.97 Å². The van der Waals surface area contributed by atoms with E-state index < -0.39 is 5.97 Å². The SMILES string of the molecule is CCOCc1nn2c(=O)cc(COC(=O)c3ccccc3OC)nc2s1. The molecule has 0 aliphatic rings. The number of benzene rings is 1. The number of aromatic nitrogens is 3. The van der Waals surface area contributed by atoms with Crippen LogP contribution in [0.4, 0.5) is 0 Å². The van der Waals surface area contributed by atoms with E-state index >= 15 is 0 Å². The molecule has 3 rings (SSSR count). The number of rotatable bonds is 7. The van der Waals surface area contributed by atoms with E-state index in [4.69, 9.17) is 14.2 Å². The molecule has 2 aromatic heterocycles. The first-order valence-corrected chi connectivity index (χ1v) is 8.70. The monoisotopic (exact) mass is 375 g/mol. The summed E-state index contributed by atoms with van der Waals surface area (Å²) in [5, 5.41) is 4.82. The number of esters is 1. The lowest BCUT2D eigenvalue weighted by Crippen LogP contribution is -2.17. The number of nitrogens with zero attached hydrogens (tertiary/aromatic N) is 3. The van der Waals surface area contributed by atoms with Gasteiger partial charge < -0.3 is 14.2 Å². The van der Waals surface area contributed by atoms with Crippen molar-refractivity contribution in [3.63, 3.8) is 0 Å². The van der Waals surface area contributed by atoms with Gasteiger partial charge in [-0.05, 0) is 19.1 Å². The molecule has 0 radical (unpaired) electrons. The van der Waals surface area contributed by atoms with Crippen molar-refractivity contribution in [2.45, 2.75) is 20.1 Å². The first-order chi connectivity index (χ1) is 12.6. The highest BCUT2D eigenvalue weighted by Crippen LogP contribution is 2.19. The van der Waals surface area contributed by atoms with E-state index in [1.807, 2.05) is 6.92 Å². The van der Waals surface area contributed by atoms with Crippen molar-refractivity contribution in [1.29, 1.82) is 0 Å². The second-order valence-corrected chi connectivity index (χ2v) is 6.23. The molecular weight excluding hydrogens is 358 g/mol. The van der Waals surface area contributed by atoms with Crippen LogP contribution in [0.5, 0.6) is 5.75 Å². The fourth-order valence-electron chi connectivity index (χ4n) is 2.25. The average Bonchev–Trinajstić information content (AvgIpc) is 3.08. The van der Waals surface area contributed by atoms with E-state index in [0.717, 1.165) is 0 Å². The topological polar surface area (TPSA) is 92.0 Å². The molecule has 136 valence electrons. The van der Waals surface area contributed by atoms with Crippen molar-refractivity contribution in [3.05, 3.63) is 57.0 Å². The van der Waals surface area contributed by atoms with E-state index in [2.05, 4.69) is 10.1 Å². The maximum Gasteiger partial charge on any atom is 0.342 e. The molecule has 9 heteroatoms. The molecular formula is C17H17N3O5S. The molecule has 0 spiro atoms. The molecule has 0 unspecified atom stereocenters. The summed E-state index contributed by atoms with van der Waals surface area (Å²) in [6.45, 7) is 2.64. The van der Waals surface area contributed by atoms with Gasteiger partial charge in [-0.1, -0.05) is 23.5 Å². The van der Waals surface area contributed by atoms with Gasteiger partial charge in [-0.25, -0.2) is 9.78 Å². The first kappa shape index (κ1) is 18.0. The number of carbonyl (C=O) groups is 1. The van der Waals surface area contributed by atoms with Crippen LogP contribution in [0.2, 0.25) is 0 Å². The van der Waals surface area contributed by atoms with Gasteiger partial charge in [0, 0.05) is 12.7 Å². The fourth-order valence-corrected chi connectivity index (χ4v) is 3.10. The van der Waals surface area contributed by atoms with E-state index in [9.17, 15) is 9.59 Å². The van der Waals surface area contributed by atoms with E-state index in [1.165, 1.54) is 29.0 Å². The molecule has 1 aromatic carbocycles. The summed E-state index contributed by atoms with van der Waals surface area (Å²) in [7, 11) is 1.48. The first-order valence-electron chi connectivity index (χ1n) is 7.89. The van der Waals surface area contributed by atoms with Crippen LogP contribution in [0.15, 0.2) is 35.1 Å². The van der Waals surface area contributed by atoms with Crippen LogP contribution in [-0.4, -0.2) is 34.3 Å². The number of hydrogen-bond donors (Lipinski definition) is 0. The Hall–Kier alpha value is -2.78. The van der Waals surface area contributed by atoms with Gasteiger partial charge in [-0.3, -0.25) is 4.79 Å². The number of methoxy groups -OCH3 is 1. The van der Waals surface area contributed by atoms with E-state index in [-0.39, 0.29) is 12.2 Å². The number of hydrogen-bond acceptors (Lipinski definition) is 8. The van der Waals surface area contributed by atoms with Gasteiger partial charge in [-0.2, -0.15) is 9.61 Å². The standard InChI is InChI=1S/C17H17N3O5S/c1-3-24-10-14-19-20-15(21)8-11(18-17(20)26-14)9-25-16(22)12-6-4-5-7-13(12)23-2/h4-8H,3,9-10H2,1-2H3. The lowest BCUT2D eigenvalue weighted by Gasteiger charge is -2.08. The second-order valence-electron chi connectivity index (χ2n) is 5.19. The van der Waals surface area contributed by atoms with Crippen LogP contribution in [0.3, 0.4) is 0 Å². The molecule has 0 bridgehead atoms. The largest absolute Gasteiger partial charge is 0.496 e. The third kappa shape index (κ3) is 3.89. The highest BCUT2D eigenvalue weighted by atomic mass is 32.1. The molecule has 0 N–H and O–H groups in total. The summed E-state index contributed by atoms with van der Waals surface area (Å²) >= 11 is 1.26. The van der Waals surface area contributed by atoms with Crippen LogP contribution in [-0.2, 0) is 22.7 Å². The van der Waals surface area contributed by atoms with Gasteiger partial charge in [0.05, 0.1) is 12.8 Å². The normalized spacial score (nSPS) is 10.8. The van der Waals surface area contributed by atoms with Crippen molar-refractivity contribution in [1.82, 2.24) is 14.6 Å². The smallest absolute Gasteiger partial charge is 0.342 e. The van der Waals surface area contributed by atoms with Crippen molar-refractivity contribution in [2.75, 3.05) is 13.7 Å². The zero-order chi connectivity index (χ0) is 18.5. The Morgan fingerprint density at radius 3 is 2.85 bits per heavy atom. The predicted octanol–water partition coefficient (Wildman–Crippen LogP) is 2.05. The van der Waals surface area contributed by atoms with Crippen LogP contribution in [0.1, 0.15) is 28.0 Å². The summed E-state index contributed by atoms with van der Waals surface area (Å²) < 4.78 is 16.9. The van der Waals surface area contributed by atoms with Gasteiger partial charge in [0.15, 0.2) is 0 Å². The quantitative estimate of drug-likeness (QED) is 0.584. The molecule has 2 heterocycles. The second kappa shape index (κ2) is 8.07. The number of carbonyl (C=O) groups excluding carboxylic acids is 1. The molecule has 0 amide bonds. The number of fused-ring (bicyclic) bond motifs is 1. The number of ether oxygens (including phenoxy) is 3. The third-order valence-electron chi connectivity index (χ3n) is 3.45. The Kier molecular flexibility index (Phi) is 5.59. The molecule has 3 aromatic rings. The van der Waals surface area contributed by atoms with Gasteiger partial charge in [0.2, 0.25) is 4.96 Å². The van der Waals surface area contributed by atoms with Crippen LogP contribution in [0.25, 0.3) is 4.96 Å². The Morgan fingerprint density at radius 1 is 1.27 bits per heavy atom. The van der Waals surface area contributed by atoms with E-state index in [1.54, 1.807) is 24.3 Å². The third-order valence-corrected chi connectivity index (χ3v) is 4.33. The molecule has 0 atom stereocenters. The number of para-hydroxylation sites is 1. The molecule has 0 saturated carbocycles. The molecule has 26 heavy (non-hydrogen) atoms. The van der Waals surface area contributed by atoms with Crippen molar-refractivity contribution in [2.24, 2.45) is 0 Å². The summed E-state index contributed by atoms with van der Waals surface area (Å²) in [4.78, 5) is 29.2. The van der Waals surface area contributed by atoms with Gasteiger partial charge in [0.1, 0.15) is 29.5 Å². The summed E-state index contributed by atoms with van der Waals surface area (Å²) in [5.74, 6) is -0.130. The molecule has 8 nitrogen and oxygen atoms in total. The van der Waals surface area contributed by atoms with Crippen molar-refractivity contribution in [3.8, 4) is 5.75 Å². The Labute approximate surface area is 153 Å². The molecule has 0 aliphatic carbocycles. The van der Waals surface area contributed by atoms with Crippen LogP contribution >= 0.6 is 11.3 Å². The van der Waals surface area contributed by atoms with Crippen molar-refractivity contribution < 1.29 is 19.0 Å². The maximum atomic E-state index is 12.2. The molecule has 0 saturated heterocycles. The van der Waals surface area contributed by atoms with Crippen LogP contribution < -0.4 is 10.3 Å². The maximum absolute atomic E-state index is 12.2. The minimum atomic E-state index is -0.550. The van der Waals surface area contributed by atoms with Gasteiger partial charge in [-0.15, -0.1) is 0 Å². The molecule has 0 aliphatic heterocycles. The van der Waals surface area contributed by atoms with Crippen molar-refractivity contribution >= 4 is 22.3 Å². The van der Waals surface area contributed by atoms with E-state index in [0.29, 0.717) is 40.2 Å². The lowest BCUT2D eigenvalue weighted by molar-refractivity contribution is 0.0464. The zero-order valence-corrected chi connectivity index (χ0v) is 15.1. The fraction of sp³-hybridized carbons (Fsp3) is 0.294. The van der Waals surface area contributed by atoms with Crippen LogP contribution in [0, 0.1) is 0 Å². The minimum Gasteiger partial charge on any atom is -0.496 e. The highest BCUT2D eigenvalue weighted by Gasteiger charge is 2.15. The Bertz CT molecular complexity index is 982. The summed E-state index contributed by atoms with van der Waals surface area (Å²) in [6.07, 6.45) is 0. The average molecular weight is 375 g/mol. The predicted molar refractivity (Wildman–Crippen MR) is 94.6 cm³/mol.